The number of benzene rings is 8. The fourth-order valence-electron chi connectivity index (χ4n) is 7.40. The molecule has 3 nitrogen and oxygen atoms in total. The van der Waals surface area contributed by atoms with E-state index in [0.29, 0.717) is 5.71 Å². The van der Waals surface area contributed by atoms with Crippen LogP contribution >= 0.6 is 0 Å². The van der Waals surface area contributed by atoms with Crippen molar-refractivity contribution in [1.29, 1.82) is 0 Å². The van der Waals surface area contributed by atoms with Gasteiger partial charge < -0.3 is 9.32 Å². The van der Waals surface area contributed by atoms with Gasteiger partial charge in [0, 0.05) is 33.2 Å². The summed E-state index contributed by atoms with van der Waals surface area (Å²) < 4.78 is 6.10. The molecule has 8 aromatic carbocycles. The van der Waals surface area contributed by atoms with Crippen LogP contribution in [0.5, 0.6) is 0 Å². The van der Waals surface area contributed by atoms with Gasteiger partial charge in [0.25, 0.3) is 0 Å². The zero-order valence-corrected chi connectivity index (χ0v) is 27.1. The molecule has 0 atom stereocenters. The second kappa shape index (κ2) is 11.5. The fraction of sp³-hybridized carbons (Fsp3) is 0. The summed E-state index contributed by atoms with van der Waals surface area (Å²) in [6.45, 7) is 0. The van der Waals surface area contributed by atoms with Crippen molar-refractivity contribution in [2.75, 3.05) is 4.90 Å². The average Bonchev–Trinajstić information content (AvgIpc) is 3.55. The topological polar surface area (TPSA) is 29.3 Å². The number of aromatic nitrogens is 1. The molecule has 0 spiro atoms. The maximum atomic E-state index is 6.10. The molecule has 3 heteroatoms. The lowest BCUT2D eigenvalue weighted by molar-refractivity contribution is 0.656. The molecule has 10 aromatic rings. The molecule has 0 radical (unpaired) electrons. The van der Waals surface area contributed by atoms with Crippen molar-refractivity contribution in [1.82, 2.24) is 4.98 Å². The van der Waals surface area contributed by atoms with Crippen molar-refractivity contribution in [3.05, 3.63) is 182 Å². The average molecular weight is 639 g/mol. The Labute approximate surface area is 289 Å². The van der Waals surface area contributed by atoms with E-state index in [1.807, 2.05) is 18.2 Å². The number of nitrogens with zero attached hydrogens (tertiary/aromatic N) is 2. The van der Waals surface area contributed by atoms with Gasteiger partial charge in [-0.3, -0.25) is 0 Å². The summed E-state index contributed by atoms with van der Waals surface area (Å²) in [6, 6.07) is 64.8. The molecule has 0 saturated carbocycles. The molecule has 0 fully saturated rings. The quantitative estimate of drug-likeness (QED) is 0.176. The fourth-order valence-corrected chi connectivity index (χ4v) is 7.40. The maximum Gasteiger partial charge on any atom is 0.227 e. The summed E-state index contributed by atoms with van der Waals surface area (Å²) in [5.74, 6) is 0. The first-order chi connectivity index (χ1) is 24.8. The Morgan fingerprint density at radius 1 is 0.380 bits per heavy atom. The summed E-state index contributed by atoms with van der Waals surface area (Å²) in [5, 5.41) is 8.21. The number of furan rings is 1. The minimum absolute atomic E-state index is 0.664. The molecule has 2 aromatic heterocycles. The second-order valence-electron chi connectivity index (χ2n) is 12.8. The van der Waals surface area contributed by atoms with E-state index in [4.69, 9.17) is 9.40 Å². The third-order valence-electron chi connectivity index (χ3n) is 9.84. The number of fused-ring (bicyclic) bond motifs is 7. The number of pyridine rings is 1. The van der Waals surface area contributed by atoms with Crippen molar-refractivity contribution in [3.8, 4) is 22.3 Å². The van der Waals surface area contributed by atoms with Gasteiger partial charge in [-0.25, -0.2) is 4.98 Å². The van der Waals surface area contributed by atoms with Gasteiger partial charge in [0.2, 0.25) is 5.71 Å². The van der Waals surface area contributed by atoms with Gasteiger partial charge in [-0.1, -0.05) is 121 Å². The highest BCUT2D eigenvalue weighted by molar-refractivity contribution is 6.14. The normalized spacial score (nSPS) is 11.6. The van der Waals surface area contributed by atoms with E-state index in [1.54, 1.807) is 0 Å². The molecule has 234 valence electrons. The lowest BCUT2D eigenvalue weighted by atomic mass is 9.93. The minimum Gasteiger partial charge on any atom is -0.438 e. The number of hydrogen-bond acceptors (Lipinski definition) is 3. The van der Waals surface area contributed by atoms with Crippen LogP contribution in [0.4, 0.5) is 17.1 Å². The Kier molecular flexibility index (Phi) is 6.49. The molecular weight excluding hydrogens is 609 g/mol. The van der Waals surface area contributed by atoms with E-state index in [0.717, 1.165) is 44.3 Å². The molecule has 2 heterocycles. The molecule has 10 rings (SSSR count). The van der Waals surface area contributed by atoms with E-state index >= 15 is 0 Å². The predicted molar refractivity (Wildman–Crippen MR) is 210 cm³/mol. The first-order valence-corrected chi connectivity index (χ1v) is 17.0. The lowest BCUT2D eigenvalue weighted by Gasteiger charge is -2.26. The lowest BCUT2D eigenvalue weighted by Crippen LogP contribution is -2.10. The van der Waals surface area contributed by atoms with Gasteiger partial charge in [-0.05, 0) is 104 Å². The van der Waals surface area contributed by atoms with Crippen LogP contribution in [0, 0.1) is 0 Å². The van der Waals surface area contributed by atoms with Crippen LogP contribution in [0.25, 0.3) is 76.8 Å². The zero-order valence-electron chi connectivity index (χ0n) is 27.1. The highest BCUT2D eigenvalue weighted by atomic mass is 16.3. The molecule has 0 aliphatic rings. The number of rotatable bonds is 5. The molecule has 50 heavy (non-hydrogen) atoms. The molecule has 0 saturated heterocycles. The van der Waals surface area contributed by atoms with Gasteiger partial charge in [-0.15, -0.1) is 0 Å². The van der Waals surface area contributed by atoms with Gasteiger partial charge in [-0.2, -0.15) is 0 Å². The van der Waals surface area contributed by atoms with Crippen LogP contribution in [-0.4, -0.2) is 4.98 Å². The summed E-state index contributed by atoms with van der Waals surface area (Å²) in [7, 11) is 0. The number of para-hydroxylation sites is 1. The third-order valence-corrected chi connectivity index (χ3v) is 9.84. The van der Waals surface area contributed by atoms with Crippen LogP contribution in [0.2, 0.25) is 0 Å². The zero-order chi connectivity index (χ0) is 33.0. The first-order valence-electron chi connectivity index (χ1n) is 17.0. The molecule has 0 amide bonds. The van der Waals surface area contributed by atoms with Crippen molar-refractivity contribution >= 4 is 71.6 Å². The first kappa shape index (κ1) is 28.3. The Hall–Kier alpha value is -6.71. The van der Waals surface area contributed by atoms with Crippen molar-refractivity contribution in [2.45, 2.75) is 0 Å². The summed E-state index contributed by atoms with van der Waals surface area (Å²) in [4.78, 5) is 7.24. The minimum atomic E-state index is 0.664. The summed E-state index contributed by atoms with van der Waals surface area (Å²) in [5.41, 5.74) is 10.4. The van der Waals surface area contributed by atoms with Crippen LogP contribution < -0.4 is 4.90 Å². The standard InChI is InChI=1S/C47H30N2O/c1-2-10-31(11-3-1)32-18-22-36(23-19-32)49(38-26-27-45-35(28-38)30-44-42-16-8-9-17-46(42)50-47(44)48-45)37-24-20-33(21-25-37)43-29-34-12-4-5-13-39(34)40-14-6-7-15-41(40)43/h1-30H. The van der Waals surface area contributed by atoms with Gasteiger partial charge in [0.1, 0.15) is 5.58 Å². The maximum absolute atomic E-state index is 6.10. The number of hydrogen-bond donors (Lipinski definition) is 0. The predicted octanol–water partition coefficient (Wildman–Crippen LogP) is 13.2. The molecule has 0 aliphatic carbocycles. The van der Waals surface area contributed by atoms with Crippen LogP contribution in [-0.2, 0) is 0 Å². The van der Waals surface area contributed by atoms with Crippen molar-refractivity contribution < 1.29 is 4.42 Å². The SMILES string of the molecule is c1ccc(-c2ccc(N(c3ccc(-c4cc5ccccc5c5ccccc45)cc3)c3ccc4nc5oc6ccccc6c5cc4c3)cc2)cc1. The van der Waals surface area contributed by atoms with Crippen molar-refractivity contribution in [3.63, 3.8) is 0 Å². The Morgan fingerprint density at radius 3 is 1.76 bits per heavy atom. The van der Waals surface area contributed by atoms with Gasteiger partial charge in [0.05, 0.1) is 5.52 Å². The number of anilines is 3. The highest BCUT2D eigenvalue weighted by Crippen LogP contribution is 2.40. The molecule has 0 bridgehead atoms. The van der Waals surface area contributed by atoms with Gasteiger partial charge in [0.15, 0.2) is 0 Å². The van der Waals surface area contributed by atoms with E-state index in [1.165, 1.54) is 43.8 Å². The summed E-state index contributed by atoms with van der Waals surface area (Å²) >= 11 is 0. The Bertz CT molecular complexity index is 2850. The van der Waals surface area contributed by atoms with E-state index in [2.05, 4.69) is 169 Å². The molecular formula is C47H30N2O. The van der Waals surface area contributed by atoms with Crippen molar-refractivity contribution in [2.24, 2.45) is 0 Å². The van der Waals surface area contributed by atoms with Crippen LogP contribution in [0.3, 0.4) is 0 Å². The summed E-state index contributed by atoms with van der Waals surface area (Å²) in [6.07, 6.45) is 0. The monoisotopic (exact) mass is 638 g/mol. The van der Waals surface area contributed by atoms with E-state index < -0.39 is 0 Å². The third kappa shape index (κ3) is 4.71. The molecule has 0 aliphatic heterocycles. The molecule has 0 unspecified atom stereocenters. The van der Waals surface area contributed by atoms with Gasteiger partial charge >= 0.3 is 0 Å². The van der Waals surface area contributed by atoms with E-state index in [-0.39, 0.29) is 0 Å². The van der Waals surface area contributed by atoms with Crippen LogP contribution in [0.15, 0.2) is 186 Å². The highest BCUT2D eigenvalue weighted by Gasteiger charge is 2.17. The molecule has 0 N–H and O–H groups in total. The second-order valence-corrected chi connectivity index (χ2v) is 12.8. The van der Waals surface area contributed by atoms with Crippen LogP contribution in [0.1, 0.15) is 0 Å². The Balaban J connectivity index is 1.12. The Morgan fingerprint density at radius 2 is 0.980 bits per heavy atom. The smallest absolute Gasteiger partial charge is 0.227 e. The largest absolute Gasteiger partial charge is 0.438 e. The van der Waals surface area contributed by atoms with E-state index in [9.17, 15) is 0 Å².